The molecule has 0 N–H and O–H groups in total. The van der Waals surface area contributed by atoms with E-state index in [4.69, 9.17) is 5.26 Å². The lowest BCUT2D eigenvalue weighted by atomic mass is 10.1. The summed E-state index contributed by atoms with van der Waals surface area (Å²) in [6.45, 7) is 1.52. The highest BCUT2D eigenvalue weighted by molar-refractivity contribution is 5.83. The van der Waals surface area contributed by atoms with Gasteiger partial charge in [-0.25, -0.2) is 0 Å². The standard InChI is InChI=1S/C17H13F3N4O/c1-10-15-13(17(18,19)20)7-14(25)24(16(15)23(2)22-10)9-12-5-3-4-11(6-12)8-21/h3-7H,9H2,1-2H3. The van der Waals surface area contributed by atoms with Crippen LogP contribution in [0.15, 0.2) is 35.1 Å². The Morgan fingerprint density at radius 3 is 2.64 bits per heavy atom. The molecule has 8 heteroatoms. The molecule has 0 aliphatic heterocycles. The number of rotatable bonds is 2. The first-order valence-electron chi connectivity index (χ1n) is 7.35. The van der Waals surface area contributed by atoms with E-state index in [1.807, 2.05) is 6.07 Å². The van der Waals surface area contributed by atoms with Crippen LogP contribution in [0.1, 0.15) is 22.4 Å². The number of pyridine rings is 1. The summed E-state index contributed by atoms with van der Waals surface area (Å²) >= 11 is 0. The molecule has 0 saturated carbocycles. The van der Waals surface area contributed by atoms with Crippen molar-refractivity contribution in [1.29, 1.82) is 5.26 Å². The van der Waals surface area contributed by atoms with Gasteiger partial charge >= 0.3 is 6.18 Å². The van der Waals surface area contributed by atoms with E-state index in [9.17, 15) is 18.0 Å². The quantitative estimate of drug-likeness (QED) is 0.717. The molecule has 3 rings (SSSR count). The van der Waals surface area contributed by atoms with E-state index in [0.717, 1.165) is 0 Å². The highest BCUT2D eigenvalue weighted by Crippen LogP contribution is 2.35. The Morgan fingerprint density at radius 2 is 2.00 bits per heavy atom. The van der Waals surface area contributed by atoms with Crippen LogP contribution in [0.5, 0.6) is 0 Å². The lowest BCUT2D eigenvalue weighted by Crippen LogP contribution is -2.25. The van der Waals surface area contributed by atoms with Crippen molar-refractivity contribution in [3.63, 3.8) is 0 Å². The Labute approximate surface area is 140 Å². The highest BCUT2D eigenvalue weighted by Gasteiger charge is 2.35. The maximum absolute atomic E-state index is 13.3. The van der Waals surface area contributed by atoms with Crippen molar-refractivity contribution in [1.82, 2.24) is 14.3 Å². The Bertz CT molecular complexity index is 1070. The number of benzene rings is 1. The van der Waals surface area contributed by atoms with Crippen molar-refractivity contribution < 1.29 is 13.2 Å². The van der Waals surface area contributed by atoms with E-state index in [1.165, 1.54) is 23.2 Å². The van der Waals surface area contributed by atoms with Gasteiger partial charge in [-0.3, -0.25) is 14.0 Å². The molecule has 0 amide bonds. The van der Waals surface area contributed by atoms with Gasteiger partial charge in [0.15, 0.2) is 0 Å². The predicted molar refractivity (Wildman–Crippen MR) is 85.0 cm³/mol. The first-order valence-corrected chi connectivity index (χ1v) is 7.35. The summed E-state index contributed by atoms with van der Waals surface area (Å²) < 4.78 is 42.5. The Kier molecular flexibility index (Phi) is 3.87. The van der Waals surface area contributed by atoms with Crippen molar-refractivity contribution in [2.75, 3.05) is 0 Å². The highest BCUT2D eigenvalue weighted by atomic mass is 19.4. The fourth-order valence-electron chi connectivity index (χ4n) is 2.95. The van der Waals surface area contributed by atoms with Crippen LogP contribution in [0.2, 0.25) is 0 Å². The lowest BCUT2D eigenvalue weighted by molar-refractivity contribution is -0.136. The first kappa shape index (κ1) is 16.8. The van der Waals surface area contributed by atoms with Crippen molar-refractivity contribution in [2.45, 2.75) is 19.6 Å². The van der Waals surface area contributed by atoms with Crippen molar-refractivity contribution in [3.8, 4) is 6.07 Å². The van der Waals surface area contributed by atoms with Crippen LogP contribution in [-0.4, -0.2) is 14.3 Å². The van der Waals surface area contributed by atoms with E-state index in [-0.39, 0.29) is 23.3 Å². The minimum absolute atomic E-state index is 0.0436. The van der Waals surface area contributed by atoms with Crippen molar-refractivity contribution in [3.05, 3.63) is 63.1 Å². The number of halogens is 3. The zero-order valence-corrected chi connectivity index (χ0v) is 13.4. The molecule has 2 heterocycles. The molecule has 5 nitrogen and oxygen atoms in total. The minimum Gasteiger partial charge on any atom is -0.288 e. The number of aromatic nitrogens is 3. The number of alkyl halides is 3. The third-order valence-electron chi connectivity index (χ3n) is 3.95. The molecule has 0 spiro atoms. The van der Waals surface area contributed by atoms with E-state index in [1.54, 1.807) is 24.3 Å². The fourth-order valence-corrected chi connectivity index (χ4v) is 2.95. The monoisotopic (exact) mass is 346 g/mol. The zero-order valence-electron chi connectivity index (χ0n) is 13.4. The summed E-state index contributed by atoms with van der Waals surface area (Å²) in [7, 11) is 1.50. The molecule has 0 fully saturated rings. The molecule has 0 atom stereocenters. The second-order valence-electron chi connectivity index (χ2n) is 5.70. The smallest absolute Gasteiger partial charge is 0.288 e. The number of fused-ring (bicyclic) bond motifs is 1. The summed E-state index contributed by atoms with van der Waals surface area (Å²) in [6.07, 6.45) is -4.65. The topological polar surface area (TPSA) is 63.6 Å². The van der Waals surface area contributed by atoms with Gasteiger partial charge in [0.05, 0.1) is 34.8 Å². The summed E-state index contributed by atoms with van der Waals surface area (Å²) in [6, 6.07) is 9.18. The van der Waals surface area contributed by atoms with Gasteiger partial charge in [-0.05, 0) is 24.6 Å². The molecule has 0 bridgehead atoms. The summed E-state index contributed by atoms with van der Waals surface area (Å²) in [5, 5.41) is 12.9. The molecule has 1 aromatic carbocycles. The Balaban J connectivity index is 2.28. The third kappa shape index (κ3) is 2.89. The molecule has 2 aromatic heterocycles. The summed E-state index contributed by atoms with van der Waals surface area (Å²) in [5.74, 6) is 0. The molecular weight excluding hydrogens is 333 g/mol. The average molecular weight is 346 g/mol. The van der Waals surface area contributed by atoms with Crippen LogP contribution in [0.4, 0.5) is 13.2 Å². The van der Waals surface area contributed by atoms with Crippen LogP contribution in [0, 0.1) is 18.3 Å². The second kappa shape index (κ2) is 5.77. The van der Waals surface area contributed by atoms with Crippen molar-refractivity contribution >= 4 is 11.0 Å². The molecular formula is C17H13F3N4O. The van der Waals surface area contributed by atoms with Gasteiger partial charge in [-0.1, -0.05) is 12.1 Å². The number of nitrogens with zero attached hydrogens (tertiary/aromatic N) is 4. The van der Waals surface area contributed by atoms with Gasteiger partial charge in [0, 0.05) is 13.1 Å². The second-order valence-corrected chi connectivity index (χ2v) is 5.70. The molecule has 0 aliphatic carbocycles. The van der Waals surface area contributed by atoms with Gasteiger partial charge in [-0.15, -0.1) is 0 Å². The van der Waals surface area contributed by atoms with Crippen LogP contribution < -0.4 is 5.56 Å². The number of hydrogen-bond acceptors (Lipinski definition) is 3. The number of aryl methyl sites for hydroxylation is 2. The number of nitriles is 1. The molecule has 25 heavy (non-hydrogen) atoms. The molecule has 0 radical (unpaired) electrons. The van der Waals surface area contributed by atoms with E-state index in [0.29, 0.717) is 17.2 Å². The van der Waals surface area contributed by atoms with Gasteiger partial charge in [0.1, 0.15) is 5.65 Å². The predicted octanol–water partition coefficient (Wildman–Crippen LogP) is 2.98. The summed E-state index contributed by atoms with van der Waals surface area (Å²) in [5.41, 5.74) is -0.412. The maximum atomic E-state index is 13.3. The normalized spacial score (nSPS) is 11.7. The lowest BCUT2D eigenvalue weighted by Gasteiger charge is -2.14. The molecule has 0 unspecified atom stereocenters. The number of hydrogen-bond donors (Lipinski definition) is 0. The van der Waals surface area contributed by atoms with Crippen LogP contribution >= 0.6 is 0 Å². The van der Waals surface area contributed by atoms with Gasteiger partial charge in [0.25, 0.3) is 5.56 Å². The Hall–Kier alpha value is -3.08. The van der Waals surface area contributed by atoms with Crippen LogP contribution in [-0.2, 0) is 19.8 Å². The van der Waals surface area contributed by atoms with E-state index >= 15 is 0 Å². The largest absolute Gasteiger partial charge is 0.417 e. The van der Waals surface area contributed by atoms with Crippen molar-refractivity contribution in [2.24, 2.45) is 7.05 Å². The van der Waals surface area contributed by atoms with E-state index < -0.39 is 17.3 Å². The van der Waals surface area contributed by atoms with Crippen LogP contribution in [0.3, 0.4) is 0 Å². The van der Waals surface area contributed by atoms with Gasteiger partial charge < -0.3 is 0 Å². The molecule has 128 valence electrons. The van der Waals surface area contributed by atoms with Gasteiger partial charge in [0.2, 0.25) is 0 Å². The first-order chi connectivity index (χ1) is 11.7. The molecule has 3 aromatic rings. The maximum Gasteiger partial charge on any atom is 0.417 e. The SMILES string of the molecule is Cc1nn(C)c2c1c(C(F)(F)F)cc(=O)n2Cc1cccc(C#N)c1. The Morgan fingerprint density at radius 1 is 1.28 bits per heavy atom. The van der Waals surface area contributed by atoms with Gasteiger partial charge in [-0.2, -0.15) is 23.5 Å². The van der Waals surface area contributed by atoms with Crippen LogP contribution in [0.25, 0.3) is 11.0 Å². The molecule has 0 aliphatic rings. The fraction of sp³-hybridized carbons (Fsp3) is 0.235. The average Bonchev–Trinajstić information content (AvgIpc) is 2.83. The molecule has 0 saturated heterocycles. The minimum atomic E-state index is -4.65. The summed E-state index contributed by atoms with van der Waals surface area (Å²) in [4.78, 5) is 12.4. The third-order valence-corrected chi connectivity index (χ3v) is 3.95. The zero-order chi connectivity index (χ0) is 18.4. The van der Waals surface area contributed by atoms with E-state index in [2.05, 4.69) is 5.10 Å².